The summed E-state index contributed by atoms with van der Waals surface area (Å²) in [6.07, 6.45) is -0.0600. The molecule has 0 saturated carbocycles. The number of aliphatic carboxylic acids is 1. The first kappa shape index (κ1) is 23.5. The van der Waals surface area contributed by atoms with Gasteiger partial charge in [0.25, 0.3) is 0 Å². The highest BCUT2D eigenvalue weighted by atomic mass is 16.4. The van der Waals surface area contributed by atoms with E-state index in [1.54, 1.807) is 24.3 Å². The monoisotopic (exact) mass is 469 g/mol. The van der Waals surface area contributed by atoms with Gasteiger partial charge in [0, 0.05) is 37.4 Å². The van der Waals surface area contributed by atoms with E-state index >= 15 is 0 Å². The summed E-state index contributed by atoms with van der Waals surface area (Å²) in [5, 5.41) is 44.4. The smallest absolute Gasteiger partial charge is 0.303 e. The van der Waals surface area contributed by atoms with Crippen LogP contribution in [0.3, 0.4) is 0 Å². The minimum absolute atomic E-state index is 0.0278. The first-order valence-electron chi connectivity index (χ1n) is 11.0. The fraction of sp³-hybridized carbons (Fsp3) is 0.375. The Morgan fingerprint density at radius 2 is 1.88 bits per heavy atom. The van der Waals surface area contributed by atoms with Gasteiger partial charge in [0.1, 0.15) is 17.5 Å². The largest absolute Gasteiger partial charge is 0.508 e. The molecule has 0 aliphatic carbocycles. The van der Waals surface area contributed by atoms with Crippen molar-refractivity contribution in [1.29, 1.82) is 0 Å². The van der Waals surface area contributed by atoms with Crippen LogP contribution in [-0.4, -0.2) is 55.4 Å². The molecule has 0 bridgehead atoms. The quantitative estimate of drug-likeness (QED) is 0.324. The van der Waals surface area contributed by atoms with Crippen LogP contribution in [0.15, 0.2) is 42.5 Å². The van der Waals surface area contributed by atoms with E-state index in [9.17, 15) is 29.7 Å². The third-order valence-corrected chi connectivity index (χ3v) is 6.64. The number of carbonyl (C=O) groups excluding carboxylic acids is 2. The number of carbonyl (C=O) groups is 3. The number of carboxylic acid groups (broad SMARTS) is 1. The minimum atomic E-state index is -2.00. The molecule has 3 unspecified atom stereocenters. The van der Waals surface area contributed by atoms with E-state index in [4.69, 9.17) is 10.8 Å². The molecule has 7 N–H and O–H groups in total. The Balaban J connectivity index is 1.84. The number of amides is 2. The van der Waals surface area contributed by atoms with Gasteiger partial charge in [0.15, 0.2) is 5.72 Å². The molecule has 0 aromatic heterocycles. The number of phenols is 2. The number of carboxylic acids is 1. The molecule has 180 valence electrons. The lowest BCUT2D eigenvalue weighted by Crippen LogP contribution is -2.70. The van der Waals surface area contributed by atoms with Gasteiger partial charge in [0.2, 0.25) is 11.8 Å². The molecule has 0 radical (unpaired) electrons. The van der Waals surface area contributed by atoms with Gasteiger partial charge in [0.05, 0.1) is 5.54 Å². The molecule has 1 fully saturated rings. The normalized spacial score (nSPS) is 25.5. The standard InChI is InChI=1S/C24H27N3O7/c25-23(13-14-5-2-1-3-6-14)20-16(11-15(28)12-17(20)29)21(22(33)26-10-4-7-19(31)32)27-18(30)8-9-24(23,27)34/h1-3,5-6,11-12,21,28-29,34H,4,7-10,13,25H2,(H,26,33)(H,31,32). The van der Waals surface area contributed by atoms with Crippen molar-refractivity contribution < 1.29 is 34.8 Å². The minimum Gasteiger partial charge on any atom is -0.508 e. The molecule has 2 heterocycles. The van der Waals surface area contributed by atoms with Crippen LogP contribution in [0, 0.1) is 0 Å². The second-order valence-corrected chi connectivity index (χ2v) is 8.83. The van der Waals surface area contributed by atoms with Crippen molar-refractivity contribution in [1.82, 2.24) is 10.2 Å². The third-order valence-electron chi connectivity index (χ3n) is 6.64. The van der Waals surface area contributed by atoms with Gasteiger partial charge in [-0.1, -0.05) is 30.3 Å². The number of rotatable bonds is 7. The number of hydrogen-bond acceptors (Lipinski definition) is 7. The predicted molar refractivity (Wildman–Crippen MR) is 119 cm³/mol. The number of benzene rings is 2. The summed E-state index contributed by atoms with van der Waals surface area (Å²) in [7, 11) is 0. The highest BCUT2D eigenvalue weighted by Gasteiger charge is 2.65. The third kappa shape index (κ3) is 3.74. The van der Waals surface area contributed by atoms with Crippen molar-refractivity contribution in [2.24, 2.45) is 5.73 Å². The lowest BCUT2D eigenvalue weighted by molar-refractivity contribution is -0.185. The summed E-state index contributed by atoms with van der Waals surface area (Å²) >= 11 is 0. The number of hydrogen-bond donors (Lipinski definition) is 6. The summed E-state index contributed by atoms with van der Waals surface area (Å²) in [5.74, 6) is -2.91. The number of aliphatic hydroxyl groups is 1. The van der Waals surface area contributed by atoms with Gasteiger partial charge < -0.3 is 31.5 Å². The number of phenolic OH excluding ortho intramolecular Hbond substituents is 2. The van der Waals surface area contributed by atoms with Crippen LogP contribution in [0.4, 0.5) is 0 Å². The number of fused-ring (bicyclic) bond motifs is 2. The Bertz CT molecular complexity index is 1140. The molecule has 2 aliphatic heterocycles. The van der Waals surface area contributed by atoms with E-state index in [0.717, 1.165) is 16.5 Å². The Morgan fingerprint density at radius 3 is 2.56 bits per heavy atom. The Labute approximate surface area is 195 Å². The van der Waals surface area contributed by atoms with Gasteiger partial charge in [-0.15, -0.1) is 0 Å². The van der Waals surface area contributed by atoms with E-state index in [2.05, 4.69) is 5.32 Å². The van der Waals surface area contributed by atoms with Gasteiger partial charge in [-0.2, -0.15) is 0 Å². The first-order chi connectivity index (χ1) is 16.1. The molecule has 0 spiro atoms. The van der Waals surface area contributed by atoms with E-state index in [1.807, 2.05) is 6.07 Å². The maximum atomic E-state index is 13.3. The van der Waals surface area contributed by atoms with Gasteiger partial charge >= 0.3 is 5.97 Å². The van der Waals surface area contributed by atoms with Crippen LogP contribution in [0.2, 0.25) is 0 Å². The number of nitrogens with one attached hydrogen (secondary N) is 1. The SMILES string of the molecule is NC1(Cc2ccccc2)c2c(O)cc(O)cc2C(C(=O)NCCCC(=O)O)N2C(=O)CCC21O. The molecule has 3 atom stereocenters. The summed E-state index contributed by atoms with van der Waals surface area (Å²) in [6.45, 7) is 0.0278. The van der Waals surface area contributed by atoms with Gasteiger partial charge in [-0.25, -0.2) is 0 Å². The molecular formula is C24H27N3O7. The molecule has 4 rings (SSSR count). The fourth-order valence-corrected chi connectivity index (χ4v) is 5.15. The molecule has 34 heavy (non-hydrogen) atoms. The topological polar surface area (TPSA) is 173 Å². The maximum absolute atomic E-state index is 13.3. The molecule has 2 aromatic rings. The molecular weight excluding hydrogens is 442 g/mol. The fourth-order valence-electron chi connectivity index (χ4n) is 5.15. The van der Waals surface area contributed by atoms with Gasteiger partial charge in [-0.05, 0) is 30.0 Å². The number of aromatic hydroxyl groups is 2. The Morgan fingerprint density at radius 1 is 1.18 bits per heavy atom. The van der Waals surface area contributed by atoms with Crippen molar-refractivity contribution in [3.05, 3.63) is 59.2 Å². The molecule has 10 heteroatoms. The molecule has 2 amide bonds. The lowest BCUT2D eigenvalue weighted by Gasteiger charge is -2.54. The van der Waals surface area contributed by atoms with E-state index in [0.29, 0.717) is 0 Å². The van der Waals surface area contributed by atoms with Crippen LogP contribution >= 0.6 is 0 Å². The van der Waals surface area contributed by atoms with Gasteiger partial charge in [-0.3, -0.25) is 19.3 Å². The Kier molecular flexibility index (Phi) is 5.96. The van der Waals surface area contributed by atoms with Crippen molar-refractivity contribution in [2.45, 2.75) is 49.4 Å². The van der Waals surface area contributed by atoms with E-state index in [-0.39, 0.29) is 55.5 Å². The maximum Gasteiger partial charge on any atom is 0.303 e. The van der Waals surface area contributed by atoms with Crippen LogP contribution in [-0.2, 0) is 26.3 Å². The zero-order valence-electron chi connectivity index (χ0n) is 18.4. The summed E-state index contributed by atoms with van der Waals surface area (Å²) in [5.41, 5.74) is 4.11. The predicted octanol–water partition coefficient (Wildman–Crippen LogP) is 0.841. The average molecular weight is 469 g/mol. The number of nitrogens with two attached hydrogens (primary N) is 1. The lowest BCUT2D eigenvalue weighted by atomic mass is 9.68. The Hall–Kier alpha value is -3.63. The highest BCUT2D eigenvalue weighted by Crippen LogP contribution is 2.56. The first-order valence-corrected chi connectivity index (χ1v) is 11.0. The summed E-state index contributed by atoms with van der Waals surface area (Å²) in [6, 6.07) is 10.0. The zero-order valence-corrected chi connectivity index (χ0v) is 18.4. The van der Waals surface area contributed by atoms with Crippen LogP contribution in [0.5, 0.6) is 11.5 Å². The second-order valence-electron chi connectivity index (χ2n) is 8.83. The molecule has 1 saturated heterocycles. The number of nitrogens with zero attached hydrogens (tertiary/aromatic N) is 1. The molecule has 2 aliphatic rings. The van der Waals surface area contributed by atoms with Crippen molar-refractivity contribution in [2.75, 3.05) is 6.54 Å². The van der Waals surface area contributed by atoms with Crippen molar-refractivity contribution in [3.8, 4) is 11.5 Å². The van der Waals surface area contributed by atoms with Crippen molar-refractivity contribution >= 4 is 17.8 Å². The average Bonchev–Trinajstić information content (AvgIpc) is 3.08. The zero-order chi connectivity index (χ0) is 24.7. The summed E-state index contributed by atoms with van der Waals surface area (Å²) in [4.78, 5) is 38.1. The highest BCUT2D eigenvalue weighted by molar-refractivity contribution is 5.92. The molecule has 10 nitrogen and oxygen atoms in total. The van der Waals surface area contributed by atoms with E-state index in [1.165, 1.54) is 6.07 Å². The van der Waals surface area contributed by atoms with Crippen LogP contribution < -0.4 is 11.1 Å². The summed E-state index contributed by atoms with van der Waals surface area (Å²) < 4.78 is 0. The second kappa shape index (κ2) is 8.62. The van der Waals surface area contributed by atoms with Crippen molar-refractivity contribution in [3.63, 3.8) is 0 Å². The molecule has 2 aromatic carbocycles. The van der Waals surface area contributed by atoms with E-state index < -0.39 is 40.8 Å². The van der Waals surface area contributed by atoms with Crippen LogP contribution in [0.1, 0.15) is 48.4 Å². The van der Waals surface area contributed by atoms with Crippen LogP contribution in [0.25, 0.3) is 0 Å².